The number of aromatic nitrogens is 4. The summed E-state index contributed by atoms with van der Waals surface area (Å²) in [7, 11) is 0. The van der Waals surface area contributed by atoms with Gasteiger partial charge in [-0.05, 0) is 84.5 Å². The normalized spacial score (nSPS) is 12.0. The van der Waals surface area contributed by atoms with Crippen molar-refractivity contribution in [2.45, 2.75) is 0 Å². The Kier molecular flexibility index (Phi) is 5.57. The van der Waals surface area contributed by atoms with Gasteiger partial charge in [-0.1, -0.05) is 28.1 Å². The Hall–Kier alpha value is -2.96. The van der Waals surface area contributed by atoms with E-state index in [1.54, 1.807) is 0 Å². The number of nitrogens with one attached hydrogen (secondary N) is 2. The predicted octanol–water partition coefficient (Wildman–Crippen LogP) is 7.08. The maximum atomic E-state index is 4.78. The monoisotopic (exact) mass is 661 g/mol. The minimum absolute atomic E-state index is 0. The van der Waals surface area contributed by atoms with E-state index in [0.29, 0.717) is 0 Å². The van der Waals surface area contributed by atoms with E-state index in [9.17, 15) is 0 Å². The molecule has 0 atom stereocenters. The quantitative estimate of drug-likeness (QED) is 0.185. The number of hydrogen-bond donors (Lipinski definition) is 2. The van der Waals surface area contributed by atoms with Crippen LogP contribution in [0.3, 0.4) is 0 Å². The molecule has 2 aliphatic rings. The van der Waals surface area contributed by atoms with E-state index in [1.807, 2.05) is 36.4 Å². The molecule has 4 aromatic rings. The first kappa shape index (κ1) is 20.9. The first-order chi connectivity index (χ1) is 15.2. The minimum atomic E-state index is 0. The maximum Gasteiger partial charge on any atom is 0.0658 e. The van der Waals surface area contributed by atoms with Gasteiger partial charge in [0.25, 0.3) is 0 Å². The Labute approximate surface area is 208 Å². The van der Waals surface area contributed by atoms with Crippen LogP contribution in [0.1, 0.15) is 22.8 Å². The third-order valence-electron chi connectivity index (χ3n) is 5.32. The smallest absolute Gasteiger partial charge is 0.0658 e. The molecule has 0 amide bonds. The molecule has 2 N–H and O–H groups in total. The van der Waals surface area contributed by atoms with Crippen LogP contribution in [0.25, 0.3) is 57.5 Å². The van der Waals surface area contributed by atoms with Crippen molar-refractivity contribution in [2.24, 2.45) is 0 Å². The number of fused-ring (bicyclic) bond motifs is 8. The van der Waals surface area contributed by atoms with Crippen LogP contribution in [0.2, 0.25) is 0 Å². The number of aromatic amines is 2. The van der Waals surface area contributed by atoms with Gasteiger partial charge in [-0.25, -0.2) is 9.97 Å². The number of rotatable bonds is 1. The molecule has 0 unspecified atom stereocenters. The van der Waals surface area contributed by atoms with E-state index in [2.05, 4.69) is 80.5 Å². The fraction of sp³-hybridized carbons (Fsp3) is 0. The number of hydrogen-bond acceptors (Lipinski definition) is 2. The molecule has 0 spiro atoms. The second-order valence-corrected chi connectivity index (χ2v) is 8.51. The predicted molar refractivity (Wildman–Crippen MR) is 132 cm³/mol. The van der Waals surface area contributed by atoms with Crippen molar-refractivity contribution in [3.8, 4) is 11.1 Å². The maximum absolute atomic E-state index is 4.78. The van der Waals surface area contributed by atoms with E-state index in [0.717, 1.165) is 60.4 Å². The van der Waals surface area contributed by atoms with Crippen LogP contribution >= 0.6 is 15.9 Å². The minimum Gasteiger partial charge on any atom is -0.355 e. The molecule has 2 aliphatic heterocycles. The summed E-state index contributed by atoms with van der Waals surface area (Å²) in [5, 5.41) is 0. The van der Waals surface area contributed by atoms with Gasteiger partial charge in [0.15, 0.2) is 0 Å². The average Bonchev–Trinajstić information content (AvgIpc) is 3.54. The van der Waals surface area contributed by atoms with Gasteiger partial charge in [0.05, 0.1) is 22.8 Å². The zero-order chi connectivity index (χ0) is 20.8. The van der Waals surface area contributed by atoms with E-state index in [1.165, 1.54) is 0 Å². The van der Waals surface area contributed by atoms with E-state index >= 15 is 0 Å². The van der Waals surface area contributed by atoms with Gasteiger partial charge in [0, 0.05) is 54.5 Å². The molecule has 1 aromatic carbocycles. The summed E-state index contributed by atoms with van der Waals surface area (Å²) in [4.78, 5) is 16.5. The Morgan fingerprint density at radius 1 is 0.562 bits per heavy atom. The molecular formula is C26H17AuBrN4. The fourth-order valence-corrected chi connectivity index (χ4v) is 4.15. The Morgan fingerprint density at radius 2 is 1.09 bits per heavy atom. The molecule has 0 saturated carbocycles. The summed E-state index contributed by atoms with van der Waals surface area (Å²) in [6.07, 6.45) is 8.15. The Balaban J connectivity index is 0.00000216. The average molecular weight is 662 g/mol. The van der Waals surface area contributed by atoms with E-state index < -0.39 is 0 Å². The first-order valence-electron chi connectivity index (χ1n) is 10.0. The van der Waals surface area contributed by atoms with Crippen LogP contribution in [0.5, 0.6) is 0 Å². The van der Waals surface area contributed by atoms with Gasteiger partial charge in [-0.2, -0.15) is 0 Å². The molecule has 6 heteroatoms. The van der Waals surface area contributed by atoms with Crippen molar-refractivity contribution in [2.75, 3.05) is 0 Å². The molecule has 3 aromatic heterocycles. The molecule has 5 heterocycles. The third kappa shape index (κ3) is 4.20. The number of benzene rings is 1. The van der Waals surface area contributed by atoms with Crippen molar-refractivity contribution < 1.29 is 22.4 Å². The molecule has 6 rings (SSSR count). The summed E-state index contributed by atoms with van der Waals surface area (Å²) in [6.45, 7) is 0. The number of H-pyrrole nitrogens is 2. The SMILES string of the molecule is Brc1ccc(-c2cc3cc4nc(cc5ccc(cc6nc(cc2[nH]3)C=C6)[nH]5)C=C4)cc1.[Au]. The van der Waals surface area contributed by atoms with Crippen molar-refractivity contribution in [1.82, 2.24) is 19.9 Å². The van der Waals surface area contributed by atoms with Crippen LogP contribution in [-0.4, -0.2) is 19.9 Å². The van der Waals surface area contributed by atoms with Gasteiger partial charge in [0.1, 0.15) is 0 Å². The zero-order valence-electron chi connectivity index (χ0n) is 16.7. The van der Waals surface area contributed by atoms with Gasteiger partial charge in [0.2, 0.25) is 0 Å². The largest absolute Gasteiger partial charge is 0.355 e. The molecule has 159 valence electrons. The first-order valence-corrected chi connectivity index (χ1v) is 10.8. The summed E-state index contributed by atoms with van der Waals surface area (Å²) in [6, 6.07) is 22.9. The van der Waals surface area contributed by atoms with Gasteiger partial charge >= 0.3 is 0 Å². The van der Waals surface area contributed by atoms with E-state index in [-0.39, 0.29) is 22.4 Å². The summed E-state index contributed by atoms with van der Waals surface area (Å²) >= 11 is 3.53. The summed E-state index contributed by atoms with van der Waals surface area (Å²) < 4.78 is 1.06. The van der Waals surface area contributed by atoms with Crippen LogP contribution in [-0.2, 0) is 22.4 Å². The molecule has 4 nitrogen and oxygen atoms in total. The molecule has 0 saturated heterocycles. The number of halogens is 1. The zero-order valence-corrected chi connectivity index (χ0v) is 20.5. The summed E-state index contributed by atoms with van der Waals surface area (Å²) in [5.74, 6) is 0. The standard InChI is InChI=1S/C26H17BrN4.Au/c27-17-3-1-16(2-4-17)25-14-24-13-22-8-7-20(29-22)11-18-5-6-19(28-18)12-21-9-10-23(30-21)15-26(25)31-24;/h1-15,28,31H;. The Morgan fingerprint density at radius 3 is 1.69 bits per heavy atom. The molecular weight excluding hydrogens is 645 g/mol. The van der Waals surface area contributed by atoms with Crippen molar-refractivity contribution in [3.05, 3.63) is 94.0 Å². The molecule has 1 radical (unpaired) electrons. The van der Waals surface area contributed by atoms with Crippen LogP contribution in [0, 0.1) is 0 Å². The van der Waals surface area contributed by atoms with E-state index in [4.69, 9.17) is 9.97 Å². The summed E-state index contributed by atoms with van der Waals surface area (Å²) in [5.41, 5.74) is 9.99. The number of nitrogens with zero attached hydrogens (tertiary/aromatic N) is 2. The fourth-order valence-electron chi connectivity index (χ4n) is 3.89. The topological polar surface area (TPSA) is 57.4 Å². The second-order valence-electron chi connectivity index (χ2n) is 7.60. The molecule has 8 bridgehead atoms. The van der Waals surface area contributed by atoms with Crippen molar-refractivity contribution in [3.63, 3.8) is 0 Å². The Bertz CT molecular complexity index is 1540. The second kappa shape index (κ2) is 8.53. The molecule has 0 fully saturated rings. The van der Waals surface area contributed by atoms with Crippen LogP contribution < -0.4 is 0 Å². The van der Waals surface area contributed by atoms with Crippen LogP contribution in [0.15, 0.2) is 71.2 Å². The van der Waals surface area contributed by atoms with Gasteiger partial charge in [-0.3, -0.25) is 0 Å². The molecule has 0 aliphatic carbocycles. The molecule has 32 heavy (non-hydrogen) atoms. The van der Waals surface area contributed by atoms with Crippen molar-refractivity contribution >= 4 is 62.3 Å². The van der Waals surface area contributed by atoms with Crippen molar-refractivity contribution in [1.29, 1.82) is 0 Å². The van der Waals surface area contributed by atoms with Gasteiger partial charge < -0.3 is 9.97 Å². The van der Waals surface area contributed by atoms with Crippen LogP contribution in [0.4, 0.5) is 0 Å². The third-order valence-corrected chi connectivity index (χ3v) is 5.85. The van der Waals surface area contributed by atoms with Gasteiger partial charge in [-0.15, -0.1) is 0 Å².